The number of aliphatic carboxylic acids is 1. The fourth-order valence-electron chi connectivity index (χ4n) is 1.38. The van der Waals surface area contributed by atoms with Crippen molar-refractivity contribution in [1.29, 1.82) is 0 Å². The number of aromatic nitrogens is 2. The Morgan fingerprint density at radius 1 is 1.57 bits per heavy atom. The Morgan fingerprint density at radius 2 is 2.36 bits per heavy atom. The van der Waals surface area contributed by atoms with Gasteiger partial charge in [-0.1, -0.05) is 18.2 Å². The van der Waals surface area contributed by atoms with Crippen LogP contribution >= 0.6 is 0 Å². The Labute approximate surface area is 79.5 Å². The minimum atomic E-state index is -1.05. The first kappa shape index (κ1) is 8.71. The number of carbonyl (C=O) groups is 1. The van der Waals surface area contributed by atoms with Crippen molar-refractivity contribution in [3.8, 4) is 0 Å². The van der Waals surface area contributed by atoms with Crippen molar-refractivity contribution in [2.24, 2.45) is 5.73 Å². The van der Waals surface area contributed by atoms with Crippen molar-refractivity contribution >= 4 is 16.9 Å². The number of fused-ring (bicyclic) bond motifs is 1. The first-order chi connectivity index (χ1) is 6.70. The van der Waals surface area contributed by atoms with Gasteiger partial charge in [-0.3, -0.25) is 9.89 Å². The average molecular weight is 191 g/mol. The molecular formula is C9H9N3O2. The molecule has 0 saturated carbocycles. The van der Waals surface area contributed by atoms with Gasteiger partial charge >= 0.3 is 5.97 Å². The van der Waals surface area contributed by atoms with Crippen LogP contribution in [0.5, 0.6) is 0 Å². The number of H-pyrrole nitrogens is 1. The summed E-state index contributed by atoms with van der Waals surface area (Å²) >= 11 is 0. The van der Waals surface area contributed by atoms with E-state index in [1.54, 1.807) is 18.3 Å². The van der Waals surface area contributed by atoms with Crippen LogP contribution in [-0.2, 0) is 4.79 Å². The third-order valence-corrected chi connectivity index (χ3v) is 2.11. The highest BCUT2D eigenvalue weighted by atomic mass is 16.4. The topological polar surface area (TPSA) is 92.0 Å². The number of hydrogen-bond acceptors (Lipinski definition) is 3. The number of rotatable bonds is 2. The molecule has 2 aromatic rings. The van der Waals surface area contributed by atoms with Crippen LogP contribution in [0.1, 0.15) is 11.6 Å². The third-order valence-electron chi connectivity index (χ3n) is 2.11. The van der Waals surface area contributed by atoms with E-state index >= 15 is 0 Å². The summed E-state index contributed by atoms with van der Waals surface area (Å²) in [6.45, 7) is 0. The molecule has 0 aliphatic carbocycles. The Bertz CT molecular complexity index is 478. The second-order valence-corrected chi connectivity index (χ2v) is 3.00. The van der Waals surface area contributed by atoms with Gasteiger partial charge < -0.3 is 10.8 Å². The highest BCUT2D eigenvalue weighted by Crippen LogP contribution is 2.20. The summed E-state index contributed by atoms with van der Waals surface area (Å²) < 4.78 is 0. The minimum absolute atomic E-state index is 0.549. The number of hydrogen-bond donors (Lipinski definition) is 3. The molecule has 1 unspecified atom stereocenters. The van der Waals surface area contributed by atoms with Crippen molar-refractivity contribution < 1.29 is 9.90 Å². The summed E-state index contributed by atoms with van der Waals surface area (Å²) in [5.41, 5.74) is 6.75. The summed E-state index contributed by atoms with van der Waals surface area (Å²) in [5, 5.41) is 16.2. The summed E-state index contributed by atoms with van der Waals surface area (Å²) in [6, 6.07) is 4.27. The van der Waals surface area contributed by atoms with Crippen molar-refractivity contribution in [2.45, 2.75) is 6.04 Å². The van der Waals surface area contributed by atoms with Gasteiger partial charge in [0.25, 0.3) is 0 Å². The van der Waals surface area contributed by atoms with Gasteiger partial charge in [0.15, 0.2) is 0 Å². The van der Waals surface area contributed by atoms with Gasteiger partial charge in [0.05, 0.1) is 11.7 Å². The molecule has 1 heterocycles. The fourth-order valence-corrected chi connectivity index (χ4v) is 1.38. The zero-order chi connectivity index (χ0) is 10.1. The molecule has 0 aliphatic rings. The number of carboxylic acid groups (broad SMARTS) is 1. The molecule has 5 nitrogen and oxygen atoms in total. The van der Waals surface area contributed by atoms with E-state index in [4.69, 9.17) is 10.8 Å². The van der Waals surface area contributed by atoms with Crippen LogP contribution in [0.25, 0.3) is 10.9 Å². The van der Waals surface area contributed by atoms with Crippen molar-refractivity contribution in [1.82, 2.24) is 10.2 Å². The Balaban J connectivity index is 2.61. The van der Waals surface area contributed by atoms with E-state index in [0.29, 0.717) is 11.1 Å². The van der Waals surface area contributed by atoms with Crippen molar-refractivity contribution in [2.75, 3.05) is 0 Å². The third kappa shape index (κ3) is 1.23. The quantitative estimate of drug-likeness (QED) is 0.649. The monoisotopic (exact) mass is 191 g/mol. The molecule has 1 aromatic carbocycles. The van der Waals surface area contributed by atoms with Gasteiger partial charge in [-0.2, -0.15) is 5.10 Å². The van der Waals surface area contributed by atoms with Crippen molar-refractivity contribution in [3.05, 3.63) is 30.0 Å². The molecule has 0 radical (unpaired) electrons. The highest BCUT2D eigenvalue weighted by molar-refractivity contribution is 5.87. The molecular weight excluding hydrogens is 182 g/mol. The molecule has 72 valence electrons. The number of nitrogens with one attached hydrogen (secondary N) is 1. The van der Waals surface area contributed by atoms with E-state index in [2.05, 4.69) is 10.2 Å². The molecule has 0 spiro atoms. The maximum atomic E-state index is 10.7. The summed E-state index contributed by atoms with van der Waals surface area (Å²) in [5.74, 6) is -1.05. The second-order valence-electron chi connectivity index (χ2n) is 3.00. The smallest absolute Gasteiger partial charge is 0.325 e. The standard InChI is InChI=1S/C9H9N3O2/c10-7(9(13)14)6-3-1-2-5-4-11-12-8(5)6/h1-4,7H,10H2,(H,11,12)(H,13,14). The van der Waals surface area contributed by atoms with Crippen molar-refractivity contribution in [3.63, 3.8) is 0 Å². The predicted octanol–water partition coefficient (Wildman–Crippen LogP) is 0.647. The number of nitrogens with two attached hydrogens (primary N) is 1. The Hall–Kier alpha value is -1.88. The zero-order valence-corrected chi connectivity index (χ0v) is 7.27. The lowest BCUT2D eigenvalue weighted by Gasteiger charge is -2.06. The van der Waals surface area contributed by atoms with E-state index in [0.717, 1.165) is 5.39 Å². The molecule has 1 aromatic heterocycles. The molecule has 0 bridgehead atoms. The van der Waals surface area contributed by atoms with Gasteiger partial charge in [0.1, 0.15) is 6.04 Å². The van der Waals surface area contributed by atoms with Gasteiger partial charge in [0, 0.05) is 10.9 Å². The molecule has 0 saturated heterocycles. The second kappa shape index (κ2) is 3.12. The van der Waals surface area contributed by atoms with Crippen LogP contribution in [0.3, 0.4) is 0 Å². The summed E-state index contributed by atoms with van der Waals surface area (Å²) in [7, 11) is 0. The van der Waals surface area contributed by atoms with E-state index in [9.17, 15) is 4.79 Å². The van der Waals surface area contributed by atoms with E-state index in [1.807, 2.05) is 6.07 Å². The molecule has 0 fully saturated rings. The fraction of sp³-hybridized carbons (Fsp3) is 0.111. The highest BCUT2D eigenvalue weighted by Gasteiger charge is 2.17. The lowest BCUT2D eigenvalue weighted by atomic mass is 10.1. The summed E-state index contributed by atoms with van der Waals surface area (Å²) in [4.78, 5) is 10.7. The Kier molecular flexibility index (Phi) is 1.94. The largest absolute Gasteiger partial charge is 0.480 e. The molecule has 14 heavy (non-hydrogen) atoms. The van der Waals surface area contributed by atoms with Crippen LogP contribution in [-0.4, -0.2) is 21.3 Å². The number of carboxylic acids is 1. The van der Waals surface area contributed by atoms with Gasteiger partial charge in [-0.05, 0) is 0 Å². The molecule has 0 amide bonds. The SMILES string of the molecule is NC(C(=O)O)c1cccc2cn[nH]c12. The maximum Gasteiger partial charge on any atom is 0.325 e. The van der Waals surface area contributed by atoms with Crippen LogP contribution < -0.4 is 5.73 Å². The van der Waals surface area contributed by atoms with E-state index in [1.165, 1.54) is 0 Å². The molecule has 0 aliphatic heterocycles. The summed E-state index contributed by atoms with van der Waals surface area (Å²) in [6.07, 6.45) is 1.63. The lowest BCUT2D eigenvalue weighted by molar-refractivity contribution is -0.138. The van der Waals surface area contributed by atoms with Gasteiger partial charge in [-0.25, -0.2) is 0 Å². The first-order valence-electron chi connectivity index (χ1n) is 4.10. The normalized spacial score (nSPS) is 12.9. The first-order valence-corrected chi connectivity index (χ1v) is 4.10. The number of benzene rings is 1. The predicted molar refractivity (Wildman–Crippen MR) is 50.7 cm³/mol. The lowest BCUT2D eigenvalue weighted by Crippen LogP contribution is -2.20. The van der Waals surface area contributed by atoms with E-state index in [-0.39, 0.29) is 0 Å². The molecule has 2 rings (SSSR count). The Morgan fingerprint density at radius 3 is 3.07 bits per heavy atom. The van der Waals surface area contributed by atoms with Crippen LogP contribution in [0, 0.1) is 0 Å². The minimum Gasteiger partial charge on any atom is -0.480 e. The van der Waals surface area contributed by atoms with Crippen LogP contribution in [0.2, 0.25) is 0 Å². The average Bonchev–Trinajstić information content (AvgIpc) is 2.63. The number of para-hydroxylation sites is 1. The van der Waals surface area contributed by atoms with Gasteiger partial charge in [-0.15, -0.1) is 0 Å². The molecule has 1 atom stereocenters. The maximum absolute atomic E-state index is 10.7. The number of nitrogens with zero attached hydrogens (tertiary/aromatic N) is 1. The van der Waals surface area contributed by atoms with Gasteiger partial charge in [0.2, 0.25) is 0 Å². The van der Waals surface area contributed by atoms with E-state index < -0.39 is 12.0 Å². The van der Waals surface area contributed by atoms with Crippen LogP contribution in [0.15, 0.2) is 24.4 Å². The number of aromatic amines is 1. The van der Waals surface area contributed by atoms with Crippen LogP contribution in [0.4, 0.5) is 0 Å². The molecule has 5 heteroatoms. The molecule has 4 N–H and O–H groups in total. The zero-order valence-electron chi connectivity index (χ0n) is 7.27.